The highest BCUT2D eigenvalue weighted by atomic mass is 32.1. The maximum atomic E-state index is 4.28. The first-order valence-electron chi connectivity index (χ1n) is 4.57. The summed E-state index contributed by atoms with van der Waals surface area (Å²) in [7, 11) is 4.24. The van der Waals surface area contributed by atoms with Crippen LogP contribution in [-0.2, 0) is 0 Å². The molecule has 0 aromatic rings. The van der Waals surface area contributed by atoms with Crippen LogP contribution in [0.3, 0.4) is 0 Å². The van der Waals surface area contributed by atoms with E-state index in [1.165, 1.54) is 25.8 Å². The Labute approximate surface area is 87.7 Å². The molecule has 0 rings (SSSR count). The lowest BCUT2D eigenvalue weighted by Gasteiger charge is -2.12. The second-order valence-electron chi connectivity index (χ2n) is 3.53. The number of unbranched alkanes of at least 4 members (excludes halogenated alkanes) is 1. The molecule has 0 aliphatic carbocycles. The van der Waals surface area contributed by atoms with Crippen molar-refractivity contribution < 1.29 is 0 Å². The molecule has 3 heteroatoms. The van der Waals surface area contributed by atoms with Crippen molar-refractivity contribution in [1.82, 2.24) is 4.90 Å². The molecule has 0 saturated heterocycles. The summed E-state index contributed by atoms with van der Waals surface area (Å²) in [5.74, 6) is 2.66. The third kappa shape index (κ3) is 7.32. The molecule has 0 bridgehead atoms. The van der Waals surface area contributed by atoms with E-state index in [0.29, 0.717) is 5.92 Å². The van der Waals surface area contributed by atoms with E-state index in [-0.39, 0.29) is 0 Å². The predicted octanol–water partition coefficient (Wildman–Crippen LogP) is 2.19. The molecule has 0 fully saturated rings. The molecule has 0 aromatic carbocycles. The minimum Gasteiger partial charge on any atom is -0.309 e. The first-order chi connectivity index (χ1) is 5.70. The Morgan fingerprint density at radius 3 is 2.08 bits per heavy atom. The zero-order valence-corrected chi connectivity index (χ0v) is 9.95. The van der Waals surface area contributed by atoms with E-state index in [1.807, 2.05) is 0 Å². The molecule has 12 heavy (non-hydrogen) atoms. The van der Waals surface area contributed by atoms with Gasteiger partial charge in [0.1, 0.15) is 0 Å². The van der Waals surface area contributed by atoms with Crippen molar-refractivity contribution in [3.8, 4) is 0 Å². The lowest BCUT2D eigenvalue weighted by molar-refractivity contribution is 0.384. The van der Waals surface area contributed by atoms with Crippen molar-refractivity contribution in [3.63, 3.8) is 0 Å². The van der Waals surface area contributed by atoms with Gasteiger partial charge in [0.15, 0.2) is 0 Å². The van der Waals surface area contributed by atoms with Gasteiger partial charge in [0.25, 0.3) is 0 Å². The zero-order chi connectivity index (χ0) is 9.40. The van der Waals surface area contributed by atoms with Gasteiger partial charge in [-0.3, -0.25) is 0 Å². The Morgan fingerprint density at radius 2 is 1.67 bits per heavy atom. The minimum absolute atomic E-state index is 0.707. The first-order valence-corrected chi connectivity index (χ1v) is 5.83. The SMILES string of the molecule is CN(C)CCCCC(CS)CS. The fraction of sp³-hybridized carbons (Fsp3) is 1.00. The van der Waals surface area contributed by atoms with E-state index in [9.17, 15) is 0 Å². The van der Waals surface area contributed by atoms with Gasteiger partial charge in [-0.2, -0.15) is 25.3 Å². The van der Waals surface area contributed by atoms with Crippen LogP contribution in [0.15, 0.2) is 0 Å². The van der Waals surface area contributed by atoms with Gasteiger partial charge in [0.2, 0.25) is 0 Å². The predicted molar refractivity (Wildman–Crippen MR) is 63.6 cm³/mol. The van der Waals surface area contributed by atoms with Crippen molar-refractivity contribution in [2.24, 2.45) is 5.92 Å². The third-order valence-corrected chi connectivity index (χ3v) is 3.02. The van der Waals surface area contributed by atoms with Crippen molar-refractivity contribution >= 4 is 25.3 Å². The number of hydrogen-bond acceptors (Lipinski definition) is 3. The number of rotatable bonds is 7. The smallest absolute Gasteiger partial charge is 0.00248 e. The molecule has 0 saturated carbocycles. The van der Waals surface area contributed by atoms with Crippen LogP contribution in [-0.4, -0.2) is 37.0 Å². The summed E-state index contributed by atoms with van der Waals surface area (Å²) in [4.78, 5) is 2.23. The summed E-state index contributed by atoms with van der Waals surface area (Å²) in [6.45, 7) is 1.20. The summed E-state index contributed by atoms with van der Waals surface area (Å²) in [5.41, 5.74) is 0. The Kier molecular flexibility index (Phi) is 8.72. The van der Waals surface area contributed by atoms with Crippen molar-refractivity contribution in [3.05, 3.63) is 0 Å². The molecule has 0 spiro atoms. The van der Waals surface area contributed by atoms with E-state index in [0.717, 1.165) is 11.5 Å². The summed E-state index contributed by atoms with van der Waals surface area (Å²) >= 11 is 8.56. The lowest BCUT2D eigenvalue weighted by atomic mass is 10.1. The molecule has 0 aliphatic heterocycles. The fourth-order valence-corrected chi connectivity index (χ4v) is 1.93. The molecule has 0 heterocycles. The minimum atomic E-state index is 0.707. The summed E-state index contributed by atoms with van der Waals surface area (Å²) in [5, 5.41) is 0. The van der Waals surface area contributed by atoms with E-state index >= 15 is 0 Å². The maximum absolute atomic E-state index is 4.28. The van der Waals surface area contributed by atoms with Crippen molar-refractivity contribution in [2.45, 2.75) is 19.3 Å². The summed E-state index contributed by atoms with van der Waals surface area (Å²) in [6, 6.07) is 0. The first kappa shape index (κ1) is 12.7. The average molecular weight is 207 g/mol. The monoisotopic (exact) mass is 207 g/mol. The molecule has 0 radical (unpaired) electrons. The van der Waals surface area contributed by atoms with Crippen molar-refractivity contribution in [1.29, 1.82) is 0 Å². The lowest BCUT2D eigenvalue weighted by Crippen LogP contribution is -2.13. The number of thiol groups is 2. The highest BCUT2D eigenvalue weighted by Crippen LogP contribution is 2.11. The molecule has 0 aromatic heterocycles. The molecule has 74 valence electrons. The van der Waals surface area contributed by atoms with Gasteiger partial charge >= 0.3 is 0 Å². The van der Waals surface area contributed by atoms with Gasteiger partial charge in [-0.1, -0.05) is 6.42 Å². The van der Waals surface area contributed by atoms with Gasteiger partial charge in [-0.05, 0) is 50.9 Å². The van der Waals surface area contributed by atoms with Crippen LogP contribution in [0.5, 0.6) is 0 Å². The molecular weight excluding hydrogens is 186 g/mol. The van der Waals surface area contributed by atoms with E-state index < -0.39 is 0 Å². The quantitative estimate of drug-likeness (QED) is 0.478. The second-order valence-corrected chi connectivity index (χ2v) is 4.26. The zero-order valence-electron chi connectivity index (χ0n) is 8.16. The molecule has 0 atom stereocenters. The standard InChI is InChI=1S/C9H21NS2/c1-10(2)6-4-3-5-9(7-11)8-12/h9,11-12H,3-8H2,1-2H3. The molecule has 0 amide bonds. The van der Waals surface area contributed by atoms with Crippen LogP contribution < -0.4 is 0 Å². The topological polar surface area (TPSA) is 3.24 Å². The highest BCUT2D eigenvalue weighted by molar-refractivity contribution is 7.81. The fourth-order valence-electron chi connectivity index (χ4n) is 1.10. The van der Waals surface area contributed by atoms with E-state index in [4.69, 9.17) is 0 Å². The third-order valence-electron chi connectivity index (χ3n) is 1.98. The Hall–Kier alpha value is 0.660. The van der Waals surface area contributed by atoms with Gasteiger partial charge in [0, 0.05) is 0 Å². The Balaban J connectivity index is 3.17. The average Bonchev–Trinajstić information content (AvgIpc) is 2.04. The van der Waals surface area contributed by atoms with Crippen LogP contribution in [0.25, 0.3) is 0 Å². The van der Waals surface area contributed by atoms with Crippen LogP contribution in [0.2, 0.25) is 0 Å². The van der Waals surface area contributed by atoms with E-state index in [2.05, 4.69) is 44.3 Å². The molecule has 1 nitrogen and oxygen atoms in total. The van der Waals surface area contributed by atoms with Crippen LogP contribution in [0.1, 0.15) is 19.3 Å². The second kappa shape index (κ2) is 8.27. The van der Waals surface area contributed by atoms with Crippen LogP contribution in [0.4, 0.5) is 0 Å². The summed E-state index contributed by atoms with van der Waals surface area (Å²) in [6.07, 6.45) is 3.88. The highest BCUT2D eigenvalue weighted by Gasteiger charge is 2.03. The normalized spacial score (nSPS) is 11.5. The maximum Gasteiger partial charge on any atom is -0.00248 e. The van der Waals surface area contributed by atoms with Crippen molar-refractivity contribution in [2.75, 3.05) is 32.1 Å². The largest absolute Gasteiger partial charge is 0.309 e. The molecule has 0 aliphatic rings. The number of nitrogens with zero attached hydrogens (tertiary/aromatic N) is 1. The molecular formula is C9H21NS2. The van der Waals surface area contributed by atoms with Gasteiger partial charge in [-0.25, -0.2) is 0 Å². The Bertz CT molecular complexity index is 92.5. The van der Waals surface area contributed by atoms with Gasteiger partial charge in [0.05, 0.1) is 0 Å². The van der Waals surface area contributed by atoms with E-state index in [1.54, 1.807) is 0 Å². The van der Waals surface area contributed by atoms with Gasteiger partial charge in [-0.15, -0.1) is 0 Å². The molecule has 0 N–H and O–H groups in total. The van der Waals surface area contributed by atoms with Crippen LogP contribution in [0, 0.1) is 5.92 Å². The Morgan fingerprint density at radius 1 is 1.08 bits per heavy atom. The summed E-state index contributed by atoms with van der Waals surface area (Å²) < 4.78 is 0. The van der Waals surface area contributed by atoms with Crippen LogP contribution >= 0.6 is 25.3 Å². The van der Waals surface area contributed by atoms with Gasteiger partial charge < -0.3 is 4.90 Å². The number of hydrogen-bond donors (Lipinski definition) is 2. The molecule has 0 unspecified atom stereocenters.